The van der Waals surface area contributed by atoms with E-state index in [2.05, 4.69) is 95.0 Å². The van der Waals surface area contributed by atoms with Gasteiger partial charge >= 0.3 is 0 Å². The molecule has 0 radical (unpaired) electrons. The van der Waals surface area contributed by atoms with Gasteiger partial charge in [0.05, 0.1) is 6.33 Å². The van der Waals surface area contributed by atoms with E-state index in [9.17, 15) is 0 Å². The van der Waals surface area contributed by atoms with Crippen molar-refractivity contribution in [1.82, 2.24) is 19.7 Å². The average Bonchev–Trinajstić information content (AvgIpc) is 3.35. The van der Waals surface area contributed by atoms with Gasteiger partial charge in [0.1, 0.15) is 5.69 Å². The summed E-state index contributed by atoms with van der Waals surface area (Å²) in [6.45, 7) is 4.39. The van der Waals surface area contributed by atoms with Crippen molar-refractivity contribution in [2.75, 3.05) is 5.32 Å². The highest BCUT2D eigenvalue weighted by atomic mass is 15.2. The Balaban J connectivity index is 1.50. The Morgan fingerprint density at radius 3 is 2.23 bits per heavy atom. The maximum atomic E-state index is 4.58. The minimum Gasteiger partial charge on any atom is -0.338 e. The van der Waals surface area contributed by atoms with Crippen molar-refractivity contribution in [3.8, 4) is 16.9 Å². The van der Waals surface area contributed by atoms with Gasteiger partial charge in [-0.2, -0.15) is 0 Å². The first kappa shape index (κ1) is 19.0. The summed E-state index contributed by atoms with van der Waals surface area (Å²) in [6.07, 6.45) is 5.49. The number of aromatic nitrogens is 4. The van der Waals surface area contributed by atoms with Crippen LogP contribution in [0.25, 0.3) is 27.7 Å². The van der Waals surface area contributed by atoms with Crippen molar-refractivity contribution >= 4 is 22.3 Å². The Morgan fingerprint density at radius 2 is 1.55 bits per heavy atom. The first-order chi connectivity index (χ1) is 15.2. The van der Waals surface area contributed by atoms with Gasteiger partial charge in [0.2, 0.25) is 0 Å². The van der Waals surface area contributed by atoms with Crippen molar-refractivity contribution < 1.29 is 0 Å². The van der Waals surface area contributed by atoms with Crippen LogP contribution in [0, 0.1) is 0 Å². The van der Waals surface area contributed by atoms with E-state index in [0.29, 0.717) is 5.92 Å². The monoisotopic (exact) mass is 405 g/mol. The molecule has 1 N–H and O–H groups in total. The van der Waals surface area contributed by atoms with Crippen molar-refractivity contribution in [2.45, 2.75) is 19.8 Å². The lowest BCUT2D eigenvalue weighted by Crippen LogP contribution is -1.99. The van der Waals surface area contributed by atoms with Crippen LogP contribution in [-0.4, -0.2) is 19.7 Å². The zero-order chi connectivity index (χ0) is 21.2. The predicted octanol–water partition coefficient (Wildman–Crippen LogP) is 6.35. The Morgan fingerprint density at radius 1 is 0.806 bits per heavy atom. The Kier molecular flexibility index (Phi) is 4.92. The quantitative estimate of drug-likeness (QED) is 0.370. The van der Waals surface area contributed by atoms with Crippen LogP contribution in [0.1, 0.15) is 25.3 Å². The molecular weight excluding hydrogens is 382 g/mol. The highest BCUT2D eigenvalue weighted by Crippen LogP contribution is 2.31. The molecular formula is C26H23N5. The maximum Gasteiger partial charge on any atom is 0.161 e. The van der Waals surface area contributed by atoms with Crippen LogP contribution >= 0.6 is 0 Å². The molecule has 0 amide bonds. The minimum absolute atomic E-state index is 0.508. The molecule has 152 valence electrons. The summed E-state index contributed by atoms with van der Waals surface area (Å²) in [6, 6.07) is 25.0. The van der Waals surface area contributed by atoms with E-state index in [1.165, 1.54) is 5.56 Å². The molecule has 2 heterocycles. The fourth-order valence-corrected chi connectivity index (χ4v) is 3.70. The smallest absolute Gasteiger partial charge is 0.161 e. The minimum atomic E-state index is 0.508. The third kappa shape index (κ3) is 3.78. The normalized spacial score (nSPS) is 11.2. The van der Waals surface area contributed by atoms with E-state index in [1.807, 2.05) is 22.9 Å². The van der Waals surface area contributed by atoms with Crippen LogP contribution in [0.4, 0.5) is 11.5 Å². The molecule has 0 bridgehead atoms. The topological polar surface area (TPSA) is 55.6 Å². The summed E-state index contributed by atoms with van der Waals surface area (Å²) >= 11 is 0. The average molecular weight is 406 g/mol. The fraction of sp³-hybridized carbons (Fsp3) is 0.115. The molecule has 0 aliphatic rings. The van der Waals surface area contributed by atoms with Gasteiger partial charge in [-0.05, 0) is 35.7 Å². The number of hydrogen-bond acceptors (Lipinski definition) is 4. The zero-order valence-corrected chi connectivity index (χ0v) is 17.5. The number of imidazole rings is 1. The SMILES string of the molecule is CC(C)c1ccc(Nc2nnc(-c3ccc(-n4ccnc4)cc3)c3ccccc23)cc1. The van der Waals surface area contributed by atoms with Gasteiger partial charge in [-0.1, -0.05) is 62.4 Å². The van der Waals surface area contributed by atoms with E-state index in [4.69, 9.17) is 0 Å². The van der Waals surface area contributed by atoms with Crippen molar-refractivity contribution in [1.29, 1.82) is 0 Å². The largest absolute Gasteiger partial charge is 0.338 e. The number of rotatable bonds is 5. The second-order valence-corrected chi connectivity index (χ2v) is 7.86. The van der Waals surface area contributed by atoms with E-state index in [-0.39, 0.29) is 0 Å². The van der Waals surface area contributed by atoms with E-state index >= 15 is 0 Å². The van der Waals surface area contributed by atoms with Crippen molar-refractivity contribution in [3.05, 3.63) is 97.1 Å². The summed E-state index contributed by atoms with van der Waals surface area (Å²) in [4.78, 5) is 4.11. The lowest BCUT2D eigenvalue weighted by Gasteiger charge is -2.12. The number of nitrogens with one attached hydrogen (secondary N) is 1. The van der Waals surface area contributed by atoms with Crippen LogP contribution in [0.5, 0.6) is 0 Å². The molecule has 5 aromatic rings. The highest BCUT2D eigenvalue weighted by Gasteiger charge is 2.11. The molecule has 0 saturated heterocycles. The lowest BCUT2D eigenvalue weighted by atomic mass is 10.0. The number of anilines is 2. The Labute approximate surface area is 181 Å². The molecule has 0 spiro atoms. The lowest BCUT2D eigenvalue weighted by molar-refractivity contribution is 0.867. The highest BCUT2D eigenvalue weighted by molar-refractivity contribution is 6.00. The van der Waals surface area contributed by atoms with Gasteiger partial charge in [0, 0.05) is 40.1 Å². The van der Waals surface area contributed by atoms with Crippen LogP contribution in [0.15, 0.2) is 91.5 Å². The molecule has 2 aromatic heterocycles. The molecule has 0 aliphatic carbocycles. The third-order valence-electron chi connectivity index (χ3n) is 5.47. The second kappa shape index (κ2) is 8.03. The molecule has 31 heavy (non-hydrogen) atoms. The number of hydrogen-bond donors (Lipinski definition) is 1. The Bertz CT molecular complexity index is 1300. The zero-order valence-electron chi connectivity index (χ0n) is 17.5. The third-order valence-corrected chi connectivity index (χ3v) is 5.47. The molecule has 0 aliphatic heterocycles. The van der Waals surface area contributed by atoms with Gasteiger partial charge in [-0.3, -0.25) is 0 Å². The number of nitrogens with zero attached hydrogens (tertiary/aromatic N) is 4. The summed E-state index contributed by atoms with van der Waals surface area (Å²) in [5.41, 5.74) is 5.27. The molecule has 5 heteroatoms. The first-order valence-electron chi connectivity index (χ1n) is 10.4. The second-order valence-electron chi connectivity index (χ2n) is 7.86. The Hall–Kier alpha value is -3.99. The summed E-state index contributed by atoms with van der Waals surface area (Å²) < 4.78 is 1.98. The van der Waals surface area contributed by atoms with Crippen LogP contribution in [0.2, 0.25) is 0 Å². The molecule has 3 aromatic carbocycles. The molecule has 5 nitrogen and oxygen atoms in total. The maximum absolute atomic E-state index is 4.58. The van der Waals surface area contributed by atoms with Gasteiger partial charge in [0.25, 0.3) is 0 Å². The van der Waals surface area contributed by atoms with E-state index in [1.54, 1.807) is 12.5 Å². The van der Waals surface area contributed by atoms with Crippen molar-refractivity contribution in [3.63, 3.8) is 0 Å². The van der Waals surface area contributed by atoms with Crippen molar-refractivity contribution in [2.24, 2.45) is 0 Å². The van der Waals surface area contributed by atoms with E-state index < -0.39 is 0 Å². The summed E-state index contributed by atoms with van der Waals surface area (Å²) in [7, 11) is 0. The van der Waals surface area contributed by atoms with Gasteiger partial charge in [-0.25, -0.2) is 4.98 Å². The van der Waals surface area contributed by atoms with Crippen LogP contribution < -0.4 is 5.32 Å². The van der Waals surface area contributed by atoms with Gasteiger partial charge < -0.3 is 9.88 Å². The summed E-state index contributed by atoms with van der Waals surface area (Å²) in [5.74, 6) is 1.26. The first-order valence-corrected chi connectivity index (χ1v) is 10.4. The van der Waals surface area contributed by atoms with E-state index in [0.717, 1.165) is 39.2 Å². The molecule has 0 fully saturated rings. The molecule has 0 saturated carbocycles. The molecule has 5 rings (SSSR count). The summed E-state index contributed by atoms with van der Waals surface area (Å²) in [5, 5.41) is 14.7. The molecule has 0 unspecified atom stereocenters. The van der Waals surface area contributed by atoms with Crippen LogP contribution in [0.3, 0.4) is 0 Å². The number of fused-ring (bicyclic) bond motifs is 1. The fourth-order valence-electron chi connectivity index (χ4n) is 3.70. The standard InChI is InChI=1S/C26H23N5/c1-18(2)19-7-11-21(12-8-19)28-26-24-6-4-3-5-23(24)25(29-30-26)20-9-13-22(14-10-20)31-16-15-27-17-31/h3-18H,1-2H3,(H,28,30). The predicted molar refractivity (Wildman–Crippen MR) is 126 cm³/mol. The van der Waals surface area contributed by atoms with Gasteiger partial charge in [0.15, 0.2) is 5.82 Å². The number of benzene rings is 3. The molecule has 0 atom stereocenters. The van der Waals surface area contributed by atoms with Crippen LogP contribution in [-0.2, 0) is 0 Å². The van der Waals surface area contributed by atoms with Gasteiger partial charge in [-0.15, -0.1) is 10.2 Å².